The van der Waals surface area contributed by atoms with Gasteiger partial charge in [0.25, 0.3) is 0 Å². The summed E-state index contributed by atoms with van der Waals surface area (Å²) in [5.74, 6) is 0.149. The molecule has 2 aromatic rings. The highest BCUT2D eigenvalue weighted by Gasteiger charge is 2.29. The van der Waals surface area contributed by atoms with Gasteiger partial charge in [-0.15, -0.1) is 11.3 Å². The van der Waals surface area contributed by atoms with Gasteiger partial charge in [-0.25, -0.2) is 9.97 Å². The minimum absolute atomic E-state index is 0.0537. The van der Waals surface area contributed by atoms with Crippen LogP contribution in [0.4, 0.5) is 5.82 Å². The summed E-state index contributed by atoms with van der Waals surface area (Å²) in [6.07, 6.45) is 3.69. The van der Waals surface area contributed by atoms with Crippen LogP contribution < -0.4 is 4.90 Å². The van der Waals surface area contributed by atoms with E-state index in [4.69, 9.17) is 5.11 Å². The summed E-state index contributed by atoms with van der Waals surface area (Å²) in [7, 11) is 0. The van der Waals surface area contributed by atoms with Gasteiger partial charge in [0, 0.05) is 12.6 Å². The number of carboxylic acid groups (broad SMARTS) is 1. The lowest BCUT2D eigenvalue weighted by Crippen LogP contribution is -2.32. The molecule has 0 aromatic carbocycles. The molecule has 1 aliphatic heterocycles. The second kappa shape index (κ2) is 4.77. The Hall–Kier alpha value is -1.69. The number of anilines is 1. The van der Waals surface area contributed by atoms with Gasteiger partial charge < -0.3 is 10.0 Å². The topological polar surface area (TPSA) is 66.3 Å². The molecule has 0 aliphatic carbocycles. The summed E-state index contributed by atoms with van der Waals surface area (Å²) >= 11 is 1.63. The van der Waals surface area contributed by atoms with Crippen molar-refractivity contribution in [3.05, 3.63) is 17.3 Å². The van der Waals surface area contributed by atoms with Crippen molar-refractivity contribution in [3.63, 3.8) is 0 Å². The van der Waals surface area contributed by atoms with E-state index in [-0.39, 0.29) is 12.5 Å². The Morgan fingerprint density at radius 2 is 2.42 bits per heavy atom. The predicted molar refractivity (Wildman–Crippen MR) is 74.8 cm³/mol. The molecule has 2 aromatic heterocycles. The first kappa shape index (κ1) is 12.3. The zero-order valence-corrected chi connectivity index (χ0v) is 11.5. The molecule has 1 unspecified atom stereocenters. The summed E-state index contributed by atoms with van der Waals surface area (Å²) in [4.78, 5) is 21.8. The van der Waals surface area contributed by atoms with Gasteiger partial charge >= 0.3 is 5.97 Å². The van der Waals surface area contributed by atoms with E-state index in [2.05, 4.69) is 20.2 Å². The smallest absolute Gasteiger partial charge is 0.305 e. The average molecular weight is 277 g/mol. The first-order chi connectivity index (χ1) is 9.16. The Balaban J connectivity index is 2.01. The van der Waals surface area contributed by atoms with Crippen molar-refractivity contribution in [1.82, 2.24) is 9.97 Å². The molecule has 0 spiro atoms. The van der Waals surface area contributed by atoms with Crippen LogP contribution in [-0.2, 0) is 4.79 Å². The fraction of sp³-hybridized carbons (Fsp3) is 0.462. The minimum Gasteiger partial charge on any atom is -0.481 e. The Morgan fingerprint density at radius 1 is 1.58 bits per heavy atom. The van der Waals surface area contributed by atoms with E-state index < -0.39 is 5.97 Å². The lowest BCUT2D eigenvalue weighted by Gasteiger charge is -2.24. The van der Waals surface area contributed by atoms with Crippen molar-refractivity contribution in [2.75, 3.05) is 11.4 Å². The van der Waals surface area contributed by atoms with Crippen molar-refractivity contribution in [2.24, 2.45) is 0 Å². The number of aliphatic carboxylic acids is 1. The van der Waals surface area contributed by atoms with Crippen molar-refractivity contribution in [3.8, 4) is 0 Å². The number of thiophene rings is 1. The van der Waals surface area contributed by atoms with E-state index in [1.165, 1.54) is 0 Å². The van der Waals surface area contributed by atoms with E-state index in [9.17, 15) is 4.79 Å². The van der Waals surface area contributed by atoms with E-state index in [0.29, 0.717) is 0 Å². The summed E-state index contributed by atoms with van der Waals surface area (Å²) in [5, 5.41) is 11.1. The van der Waals surface area contributed by atoms with Crippen molar-refractivity contribution in [1.29, 1.82) is 0 Å². The van der Waals surface area contributed by atoms with Gasteiger partial charge in [0.2, 0.25) is 0 Å². The standard InChI is InChI=1S/C13H15N3O2S/c1-8-6-19-12-11(8)14-7-15-13(12)16-4-2-3-9(16)5-10(17)18/h6-7,9H,2-5H2,1H3,(H,17,18). The molecule has 3 heterocycles. The molecule has 6 heteroatoms. The molecule has 1 atom stereocenters. The Kier molecular flexibility index (Phi) is 3.10. The monoisotopic (exact) mass is 277 g/mol. The lowest BCUT2D eigenvalue weighted by molar-refractivity contribution is -0.137. The minimum atomic E-state index is -0.746. The number of carbonyl (C=O) groups is 1. The fourth-order valence-corrected chi connectivity index (χ4v) is 3.70. The predicted octanol–water partition coefficient (Wildman–Crippen LogP) is 2.44. The maximum atomic E-state index is 10.9. The third-order valence-corrected chi connectivity index (χ3v) is 4.65. The Labute approximate surface area is 114 Å². The normalized spacial score (nSPS) is 19.2. The van der Waals surface area contributed by atoms with E-state index in [1.54, 1.807) is 17.7 Å². The van der Waals surface area contributed by atoms with Crippen molar-refractivity contribution >= 4 is 33.3 Å². The fourth-order valence-electron chi connectivity index (χ4n) is 2.69. The summed E-state index contributed by atoms with van der Waals surface area (Å²) in [6, 6.07) is 0.0537. The molecular formula is C13H15N3O2S. The van der Waals surface area contributed by atoms with Crippen LogP contribution in [0.3, 0.4) is 0 Å². The molecule has 5 nitrogen and oxygen atoms in total. The number of fused-ring (bicyclic) bond motifs is 1. The highest BCUT2D eigenvalue weighted by molar-refractivity contribution is 7.18. The number of rotatable bonds is 3. The largest absolute Gasteiger partial charge is 0.481 e. The van der Waals surface area contributed by atoms with Gasteiger partial charge in [-0.2, -0.15) is 0 Å². The number of hydrogen-bond acceptors (Lipinski definition) is 5. The number of carboxylic acids is 1. The van der Waals surface area contributed by atoms with Gasteiger partial charge in [0.1, 0.15) is 12.1 Å². The number of aryl methyl sites for hydroxylation is 1. The van der Waals surface area contributed by atoms with E-state index >= 15 is 0 Å². The third kappa shape index (κ3) is 2.16. The zero-order valence-electron chi connectivity index (χ0n) is 10.7. The molecule has 1 saturated heterocycles. The molecule has 0 amide bonds. The van der Waals surface area contributed by atoms with Crippen LogP contribution in [0.1, 0.15) is 24.8 Å². The summed E-state index contributed by atoms with van der Waals surface area (Å²) in [6.45, 7) is 2.91. The van der Waals surface area contributed by atoms with Gasteiger partial charge in [-0.3, -0.25) is 4.79 Å². The molecule has 0 radical (unpaired) electrons. The van der Waals surface area contributed by atoms with Gasteiger partial charge in [0.05, 0.1) is 16.6 Å². The number of nitrogens with zero attached hydrogens (tertiary/aromatic N) is 3. The Morgan fingerprint density at radius 3 is 3.21 bits per heavy atom. The van der Waals surface area contributed by atoms with Crippen LogP contribution in [-0.4, -0.2) is 33.6 Å². The third-order valence-electron chi connectivity index (χ3n) is 3.57. The lowest BCUT2D eigenvalue weighted by atomic mass is 10.1. The number of aromatic nitrogens is 2. The van der Waals surface area contributed by atoms with Crippen LogP contribution in [0.2, 0.25) is 0 Å². The second-order valence-corrected chi connectivity index (χ2v) is 5.76. The SMILES string of the molecule is Cc1csc2c(N3CCCC3CC(=O)O)ncnc12. The molecule has 3 rings (SSSR count). The molecule has 100 valence electrons. The zero-order chi connectivity index (χ0) is 13.4. The molecule has 19 heavy (non-hydrogen) atoms. The maximum absolute atomic E-state index is 10.9. The van der Waals surface area contributed by atoms with Gasteiger partial charge in [-0.1, -0.05) is 0 Å². The quantitative estimate of drug-likeness (QED) is 0.933. The van der Waals surface area contributed by atoms with Crippen LogP contribution >= 0.6 is 11.3 Å². The molecule has 0 bridgehead atoms. The van der Waals surface area contributed by atoms with Gasteiger partial charge in [-0.05, 0) is 30.7 Å². The van der Waals surface area contributed by atoms with Crippen LogP contribution in [0, 0.1) is 6.92 Å². The maximum Gasteiger partial charge on any atom is 0.305 e. The molecule has 1 N–H and O–H groups in total. The summed E-state index contributed by atoms with van der Waals surface area (Å²) < 4.78 is 1.07. The first-order valence-corrected chi connectivity index (χ1v) is 7.22. The van der Waals surface area contributed by atoms with E-state index in [1.807, 2.05) is 6.92 Å². The highest BCUT2D eigenvalue weighted by atomic mass is 32.1. The highest BCUT2D eigenvalue weighted by Crippen LogP contribution is 2.35. The summed E-state index contributed by atoms with van der Waals surface area (Å²) in [5.41, 5.74) is 2.13. The number of hydrogen-bond donors (Lipinski definition) is 1. The first-order valence-electron chi connectivity index (χ1n) is 6.34. The molecule has 0 saturated carbocycles. The molecular weight excluding hydrogens is 262 g/mol. The second-order valence-electron chi connectivity index (χ2n) is 4.88. The van der Waals surface area contributed by atoms with Crippen molar-refractivity contribution < 1.29 is 9.90 Å². The van der Waals surface area contributed by atoms with Crippen molar-refractivity contribution in [2.45, 2.75) is 32.2 Å². The van der Waals surface area contributed by atoms with Gasteiger partial charge in [0.15, 0.2) is 0 Å². The van der Waals surface area contributed by atoms with E-state index in [0.717, 1.165) is 41.0 Å². The molecule has 1 aliphatic rings. The van der Waals surface area contributed by atoms with Crippen LogP contribution in [0.5, 0.6) is 0 Å². The Bertz CT molecular complexity index is 625. The molecule has 1 fully saturated rings. The van der Waals surface area contributed by atoms with Crippen LogP contribution in [0.25, 0.3) is 10.2 Å². The van der Waals surface area contributed by atoms with Crippen LogP contribution in [0.15, 0.2) is 11.7 Å². The average Bonchev–Trinajstić information content (AvgIpc) is 2.96.